The Kier molecular flexibility index (Phi) is 6.54. The van der Waals surface area contributed by atoms with Crippen molar-refractivity contribution < 1.29 is 9.53 Å². The number of hydrogen-bond acceptors (Lipinski definition) is 3. The fourth-order valence-corrected chi connectivity index (χ4v) is 4.22. The molecular formula is C31H29N3O2. The van der Waals surface area contributed by atoms with Crippen molar-refractivity contribution in [3.63, 3.8) is 0 Å². The maximum absolute atomic E-state index is 13.1. The van der Waals surface area contributed by atoms with Gasteiger partial charge in [-0.1, -0.05) is 42.5 Å². The average molecular weight is 476 g/mol. The maximum atomic E-state index is 13.1. The van der Waals surface area contributed by atoms with Crippen molar-refractivity contribution in [2.45, 2.75) is 33.8 Å². The first-order valence-corrected chi connectivity index (χ1v) is 12.1. The van der Waals surface area contributed by atoms with Gasteiger partial charge in [0.05, 0.1) is 17.8 Å². The molecule has 1 amide bonds. The number of pyridine rings is 1. The highest BCUT2D eigenvalue weighted by Gasteiger charge is 2.18. The van der Waals surface area contributed by atoms with Crippen molar-refractivity contribution in [1.82, 2.24) is 9.38 Å². The van der Waals surface area contributed by atoms with Crippen LogP contribution in [0.15, 0.2) is 91.1 Å². The van der Waals surface area contributed by atoms with Gasteiger partial charge in [-0.25, -0.2) is 4.98 Å². The van der Waals surface area contributed by atoms with Crippen molar-refractivity contribution in [2.75, 3.05) is 5.32 Å². The zero-order valence-electron chi connectivity index (χ0n) is 20.8. The lowest BCUT2D eigenvalue weighted by molar-refractivity contribution is -0.115. The predicted molar refractivity (Wildman–Crippen MR) is 144 cm³/mol. The first-order chi connectivity index (χ1) is 17.5. The number of carbonyl (C=O) groups is 1. The van der Waals surface area contributed by atoms with E-state index in [1.165, 1.54) is 11.1 Å². The van der Waals surface area contributed by atoms with Crippen molar-refractivity contribution in [2.24, 2.45) is 0 Å². The molecule has 2 aromatic heterocycles. The van der Waals surface area contributed by atoms with Crippen LogP contribution in [0.4, 0.5) is 5.69 Å². The number of aryl methyl sites for hydroxylation is 3. The lowest BCUT2D eigenvalue weighted by atomic mass is 10.0. The SMILES string of the molecule is Cc1ccn2c(CC(=O)Nc3ccc(OCc4ccccc4)cc3)c(-c3ccc(C)c(C)c3)nc2c1. The molecule has 0 saturated heterocycles. The van der Waals surface area contributed by atoms with E-state index in [1.54, 1.807) is 0 Å². The Hall–Kier alpha value is -4.38. The van der Waals surface area contributed by atoms with E-state index in [4.69, 9.17) is 9.72 Å². The molecule has 0 bridgehead atoms. The summed E-state index contributed by atoms with van der Waals surface area (Å²) in [6.07, 6.45) is 2.20. The van der Waals surface area contributed by atoms with Crippen LogP contribution >= 0.6 is 0 Å². The minimum atomic E-state index is -0.0968. The largest absolute Gasteiger partial charge is 0.489 e. The first kappa shape index (κ1) is 23.4. The van der Waals surface area contributed by atoms with Gasteiger partial charge < -0.3 is 14.5 Å². The van der Waals surface area contributed by atoms with Gasteiger partial charge in [-0.15, -0.1) is 0 Å². The summed E-state index contributed by atoms with van der Waals surface area (Å²) in [5.74, 6) is 0.659. The standard InChI is InChI=1S/C31H29N3O2/c1-21-15-16-34-28(31(33-29(34)17-21)25-10-9-22(2)23(3)18-25)19-30(35)32-26-11-13-27(14-12-26)36-20-24-7-5-4-6-8-24/h4-18H,19-20H2,1-3H3,(H,32,35). The summed E-state index contributed by atoms with van der Waals surface area (Å²) >= 11 is 0. The van der Waals surface area contributed by atoms with Gasteiger partial charge in [0, 0.05) is 17.4 Å². The fraction of sp³-hybridized carbons (Fsp3) is 0.161. The van der Waals surface area contributed by atoms with E-state index < -0.39 is 0 Å². The summed E-state index contributed by atoms with van der Waals surface area (Å²) in [4.78, 5) is 18.0. The van der Waals surface area contributed by atoms with Crippen LogP contribution in [0.25, 0.3) is 16.9 Å². The molecule has 1 N–H and O–H groups in total. The number of benzene rings is 3. The number of rotatable bonds is 7. The third-order valence-corrected chi connectivity index (χ3v) is 6.38. The van der Waals surface area contributed by atoms with E-state index in [9.17, 15) is 4.79 Å². The van der Waals surface area contributed by atoms with E-state index in [0.717, 1.165) is 45.2 Å². The van der Waals surface area contributed by atoms with Crippen molar-refractivity contribution in [3.05, 3.63) is 119 Å². The van der Waals surface area contributed by atoms with E-state index in [1.807, 2.05) is 84.3 Å². The van der Waals surface area contributed by atoms with Crippen LogP contribution < -0.4 is 10.1 Å². The van der Waals surface area contributed by atoms with Crippen LogP contribution in [0.1, 0.15) is 27.9 Å². The number of nitrogens with one attached hydrogen (secondary N) is 1. The van der Waals surface area contributed by atoms with Gasteiger partial charge in [-0.05, 0) is 85.5 Å². The highest BCUT2D eigenvalue weighted by atomic mass is 16.5. The molecule has 0 aliphatic carbocycles. The topological polar surface area (TPSA) is 55.6 Å². The molecule has 0 aliphatic heterocycles. The molecule has 0 atom stereocenters. The molecule has 0 aliphatic rings. The molecule has 0 saturated carbocycles. The van der Waals surface area contributed by atoms with Gasteiger partial charge in [-0.2, -0.15) is 0 Å². The third kappa shape index (κ3) is 5.15. The summed E-state index contributed by atoms with van der Waals surface area (Å²) in [5.41, 5.74) is 8.96. The fourth-order valence-electron chi connectivity index (χ4n) is 4.22. The van der Waals surface area contributed by atoms with Crippen LogP contribution in [-0.2, 0) is 17.8 Å². The zero-order chi connectivity index (χ0) is 25.1. The van der Waals surface area contributed by atoms with Crippen LogP contribution in [0.2, 0.25) is 0 Å². The van der Waals surface area contributed by atoms with E-state index in [0.29, 0.717) is 6.61 Å². The second-order valence-corrected chi connectivity index (χ2v) is 9.16. The summed E-state index contributed by atoms with van der Waals surface area (Å²) in [6, 6.07) is 27.9. The second kappa shape index (κ2) is 10.1. The van der Waals surface area contributed by atoms with Crippen molar-refractivity contribution in [3.8, 4) is 17.0 Å². The molecule has 3 aromatic carbocycles. The van der Waals surface area contributed by atoms with Gasteiger partial charge >= 0.3 is 0 Å². The number of imidazole rings is 1. The Balaban J connectivity index is 1.34. The molecule has 5 heteroatoms. The highest BCUT2D eigenvalue weighted by Crippen LogP contribution is 2.28. The maximum Gasteiger partial charge on any atom is 0.230 e. The predicted octanol–water partition coefficient (Wildman–Crippen LogP) is 6.69. The molecule has 5 aromatic rings. The van der Waals surface area contributed by atoms with Gasteiger partial charge in [0.1, 0.15) is 18.0 Å². The van der Waals surface area contributed by atoms with Gasteiger partial charge in [0.25, 0.3) is 0 Å². The number of ether oxygens (including phenoxy) is 1. The molecular weight excluding hydrogens is 446 g/mol. The first-order valence-electron chi connectivity index (χ1n) is 12.1. The molecule has 0 fully saturated rings. The highest BCUT2D eigenvalue weighted by molar-refractivity contribution is 5.93. The molecule has 0 unspecified atom stereocenters. The Labute approximate surface area is 211 Å². The van der Waals surface area contributed by atoms with E-state index >= 15 is 0 Å². The molecule has 5 rings (SSSR count). The minimum absolute atomic E-state index is 0.0968. The smallest absolute Gasteiger partial charge is 0.230 e. The molecule has 36 heavy (non-hydrogen) atoms. The molecule has 5 nitrogen and oxygen atoms in total. The van der Waals surface area contributed by atoms with Crippen LogP contribution in [0, 0.1) is 20.8 Å². The zero-order valence-corrected chi connectivity index (χ0v) is 20.8. The lowest BCUT2D eigenvalue weighted by Crippen LogP contribution is -2.16. The normalized spacial score (nSPS) is 11.0. The summed E-state index contributed by atoms with van der Waals surface area (Å²) < 4.78 is 7.87. The summed E-state index contributed by atoms with van der Waals surface area (Å²) in [5, 5.41) is 3.02. The number of amides is 1. The number of fused-ring (bicyclic) bond motifs is 1. The molecule has 0 spiro atoms. The number of aromatic nitrogens is 2. The number of anilines is 1. The van der Waals surface area contributed by atoms with Crippen molar-refractivity contribution >= 4 is 17.2 Å². The minimum Gasteiger partial charge on any atom is -0.489 e. The van der Waals surface area contributed by atoms with Gasteiger partial charge in [-0.3, -0.25) is 4.79 Å². The van der Waals surface area contributed by atoms with E-state index in [-0.39, 0.29) is 12.3 Å². The molecule has 2 heterocycles. The van der Waals surface area contributed by atoms with Gasteiger partial charge in [0.2, 0.25) is 5.91 Å². The van der Waals surface area contributed by atoms with Crippen LogP contribution in [0.5, 0.6) is 5.75 Å². The lowest BCUT2D eigenvalue weighted by Gasteiger charge is -2.10. The molecule has 0 radical (unpaired) electrons. The number of hydrogen-bond donors (Lipinski definition) is 1. The Morgan fingerprint density at radius 1 is 0.889 bits per heavy atom. The van der Waals surface area contributed by atoms with Gasteiger partial charge in [0.15, 0.2) is 0 Å². The van der Waals surface area contributed by atoms with Crippen LogP contribution in [-0.4, -0.2) is 15.3 Å². The van der Waals surface area contributed by atoms with Crippen LogP contribution in [0.3, 0.4) is 0 Å². The Morgan fingerprint density at radius 2 is 1.67 bits per heavy atom. The monoisotopic (exact) mass is 475 g/mol. The summed E-state index contributed by atoms with van der Waals surface area (Å²) in [7, 11) is 0. The average Bonchev–Trinajstić information content (AvgIpc) is 3.23. The Bertz CT molecular complexity index is 1520. The number of carbonyl (C=O) groups excluding carboxylic acids is 1. The number of nitrogens with zero attached hydrogens (tertiary/aromatic N) is 2. The second-order valence-electron chi connectivity index (χ2n) is 9.16. The third-order valence-electron chi connectivity index (χ3n) is 6.38. The Morgan fingerprint density at radius 3 is 2.42 bits per heavy atom. The summed E-state index contributed by atoms with van der Waals surface area (Å²) in [6.45, 7) is 6.74. The van der Waals surface area contributed by atoms with Crippen molar-refractivity contribution in [1.29, 1.82) is 0 Å². The molecule has 180 valence electrons. The quantitative estimate of drug-likeness (QED) is 0.285. The van der Waals surface area contributed by atoms with E-state index in [2.05, 4.69) is 37.4 Å².